The van der Waals surface area contributed by atoms with Gasteiger partial charge in [0.25, 0.3) is 0 Å². The van der Waals surface area contributed by atoms with E-state index in [0.29, 0.717) is 22.6 Å². The maximum absolute atomic E-state index is 13.9. The van der Waals surface area contributed by atoms with Gasteiger partial charge in [-0.2, -0.15) is 0 Å². The van der Waals surface area contributed by atoms with Crippen molar-refractivity contribution in [3.8, 4) is 17.1 Å². The number of phenols is 1. The molecule has 1 aromatic heterocycles. The lowest BCUT2D eigenvalue weighted by molar-refractivity contribution is -0.181. The molecule has 0 bridgehead atoms. The van der Waals surface area contributed by atoms with E-state index < -0.39 is 64.4 Å². The molecule has 5 rings (SSSR count). The van der Waals surface area contributed by atoms with Gasteiger partial charge in [-0.3, -0.25) is 28.9 Å². The van der Waals surface area contributed by atoms with Crippen LogP contribution in [0.3, 0.4) is 0 Å². The van der Waals surface area contributed by atoms with E-state index in [9.17, 15) is 34.2 Å². The first kappa shape index (κ1) is 26.4. The fourth-order valence-electron chi connectivity index (χ4n) is 6.51. The van der Waals surface area contributed by atoms with Crippen molar-refractivity contribution < 1.29 is 43.4 Å². The summed E-state index contributed by atoms with van der Waals surface area (Å²) < 4.78 is 5.81. The molecular formula is C27H27N3O9. The summed E-state index contributed by atoms with van der Waals surface area (Å²) in [4.78, 5) is 72.3. The van der Waals surface area contributed by atoms with Crippen LogP contribution in [0.1, 0.15) is 28.1 Å². The lowest BCUT2D eigenvalue weighted by Gasteiger charge is -2.52. The molecule has 1 aromatic carbocycles. The van der Waals surface area contributed by atoms with Crippen LogP contribution in [0.4, 0.5) is 0 Å². The van der Waals surface area contributed by atoms with Crippen LogP contribution < -0.4 is 5.73 Å². The molecule has 0 saturated heterocycles. The zero-order valence-electron chi connectivity index (χ0n) is 21.4. The van der Waals surface area contributed by atoms with Crippen LogP contribution in [-0.4, -0.2) is 83.2 Å². The highest BCUT2D eigenvalue weighted by Gasteiger charge is 2.69. The summed E-state index contributed by atoms with van der Waals surface area (Å²) in [7, 11) is 4.45. The average molecular weight is 538 g/mol. The van der Waals surface area contributed by atoms with Gasteiger partial charge in [0.1, 0.15) is 30.6 Å². The van der Waals surface area contributed by atoms with Crippen LogP contribution in [0.15, 0.2) is 33.8 Å². The number of primary amides is 1. The highest BCUT2D eigenvalue weighted by Crippen LogP contribution is 2.51. The minimum atomic E-state index is -2.76. The number of aromatic hydroxyl groups is 1. The van der Waals surface area contributed by atoms with E-state index >= 15 is 0 Å². The van der Waals surface area contributed by atoms with Gasteiger partial charge in [0, 0.05) is 11.5 Å². The molecule has 3 aliphatic carbocycles. The molecule has 1 amide bonds. The van der Waals surface area contributed by atoms with Gasteiger partial charge >= 0.3 is 0 Å². The number of amides is 1. The van der Waals surface area contributed by atoms with Crippen molar-refractivity contribution in [3.05, 3.63) is 41.2 Å². The molecule has 0 radical (unpaired) electrons. The number of hydrogen-bond donors (Lipinski definition) is 3. The molecule has 6 atom stereocenters. The van der Waals surface area contributed by atoms with Gasteiger partial charge in [0.2, 0.25) is 5.91 Å². The third-order valence-electron chi connectivity index (χ3n) is 8.12. The van der Waals surface area contributed by atoms with Crippen molar-refractivity contribution in [1.82, 2.24) is 4.90 Å². The van der Waals surface area contributed by atoms with E-state index in [1.54, 1.807) is 18.2 Å². The first-order valence-electron chi connectivity index (χ1n) is 12.3. The Morgan fingerprint density at radius 3 is 2.54 bits per heavy atom. The number of likely N-dealkylation sites (N-methyl/N-ethyl adjacent to an activating group) is 1. The SMILES string of the molecule is CON=Cc1ccc(-c2ccc(O)c3c2C[C@H]2C[C@H]4C(N(C)C)C(=O)C(C(N)=O)C(=O)[C@@]4(O)C(=O)C2C3=O)o1. The number of oxime groups is 1. The zero-order valence-corrected chi connectivity index (χ0v) is 21.4. The molecule has 0 aliphatic heterocycles. The third-order valence-corrected chi connectivity index (χ3v) is 8.12. The molecule has 2 saturated carbocycles. The van der Waals surface area contributed by atoms with Gasteiger partial charge in [-0.1, -0.05) is 5.16 Å². The first-order chi connectivity index (χ1) is 18.4. The summed E-state index contributed by atoms with van der Waals surface area (Å²) in [6.45, 7) is 0. The number of nitrogens with zero attached hydrogens (tertiary/aromatic N) is 2. The van der Waals surface area contributed by atoms with Gasteiger partial charge in [-0.05, 0) is 62.7 Å². The summed E-state index contributed by atoms with van der Waals surface area (Å²) in [5.41, 5.74) is 3.41. The van der Waals surface area contributed by atoms with Crippen molar-refractivity contribution in [2.24, 2.45) is 34.6 Å². The van der Waals surface area contributed by atoms with Gasteiger partial charge < -0.3 is 25.2 Å². The van der Waals surface area contributed by atoms with Gasteiger partial charge in [-0.25, -0.2) is 0 Å². The molecule has 12 nitrogen and oxygen atoms in total. The van der Waals surface area contributed by atoms with E-state index in [0.717, 1.165) is 0 Å². The predicted octanol–water partition coefficient (Wildman–Crippen LogP) is 0.107. The van der Waals surface area contributed by atoms with E-state index in [-0.39, 0.29) is 24.2 Å². The molecule has 204 valence electrons. The molecule has 2 fully saturated rings. The van der Waals surface area contributed by atoms with Crippen LogP contribution in [0.2, 0.25) is 0 Å². The second-order valence-electron chi connectivity index (χ2n) is 10.4. The Labute approximate surface area is 222 Å². The maximum Gasteiger partial charge on any atom is 0.235 e. The fourth-order valence-corrected chi connectivity index (χ4v) is 6.51. The Kier molecular flexibility index (Phi) is 6.27. The number of furan rings is 1. The van der Waals surface area contributed by atoms with Crippen molar-refractivity contribution in [2.45, 2.75) is 24.5 Å². The zero-order chi connectivity index (χ0) is 28.4. The second-order valence-corrected chi connectivity index (χ2v) is 10.4. The second kappa shape index (κ2) is 9.24. The number of hydrogen-bond acceptors (Lipinski definition) is 11. The first-order valence-corrected chi connectivity index (χ1v) is 12.3. The van der Waals surface area contributed by atoms with Crippen molar-refractivity contribution in [1.29, 1.82) is 0 Å². The number of benzene rings is 1. The maximum atomic E-state index is 13.9. The lowest BCUT2D eigenvalue weighted by Crippen LogP contribution is -2.74. The lowest BCUT2D eigenvalue weighted by atomic mass is 9.52. The number of nitrogens with two attached hydrogens (primary N) is 1. The molecule has 3 unspecified atom stereocenters. The van der Waals surface area contributed by atoms with E-state index in [1.165, 1.54) is 38.4 Å². The largest absolute Gasteiger partial charge is 0.507 e. The fraction of sp³-hybridized carbons (Fsp3) is 0.407. The number of aliphatic hydroxyl groups is 1. The molecule has 0 spiro atoms. The van der Waals surface area contributed by atoms with Crippen LogP contribution >= 0.6 is 0 Å². The van der Waals surface area contributed by atoms with E-state index in [1.807, 2.05) is 0 Å². The normalized spacial score (nSPS) is 30.3. The van der Waals surface area contributed by atoms with E-state index in [4.69, 9.17) is 10.2 Å². The predicted molar refractivity (Wildman–Crippen MR) is 134 cm³/mol. The molecule has 39 heavy (non-hydrogen) atoms. The van der Waals surface area contributed by atoms with Gasteiger partial charge in [-0.15, -0.1) is 0 Å². The summed E-state index contributed by atoms with van der Waals surface area (Å²) in [5, 5.41) is 26.0. The van der Waals surface area contributed by atoms with Crippen molar-refractivity contribution in [3.63, 3.8) is 0 Å². The number of ketones is 4. The number of rotatable bonds is 5. The number of carbonyl (C=O) groups excluding carboxylic acids is 5. The Bertz CT molecular complexity index is 1460. The quantitative estimate of drug-likeness (QED) is 0.268. The topological polar surface area (TPSA) is 190 Å². The standard InChI is InChI=1S/C27H27N3O9/c1-30(2)21-15-9-11-8-14-13(17-7-4-12(39-17)10-29-38-3)5-6-16(31)19(14)22(32)18(11)24(34)27(15,37)25(35)20(23(21)33)26(28)36/h4-7,10-11,15,18,20-21,31,37H,8-9H2,1-3H3,(H2,28,36)/t11-,15-,18?,20?,21?,27-/m0/s1. The summed E-state index contributed by atoms with van der Waals surface area (Å²) in [6, 6.07) is 5.04. The van der Waals surface area contributed by atoms with Crippen LogP contribution in [0.25, 0.3) is 11.3 Å². The number of carbonyl (C=O) groups is 5. The number of phenolic OH excluding ortho intramolecular Hbond substituents is 1. The van der Waals surface area contributed by atoms with Gasteiger partial charge in [0.05, 0.1) is 17.5 Å². The average Bonchev–Trinajstić information content (AvgIpc) is 3.33. The molecule has 3 aliphatic rings. The molecule has 12 heteroatoms. The number of Topliss-reactive ketones (excluding diaryl/α,β-unsaturated/α-hetero) is 4. The summed E-state index contributed by atoms with van der Waals surface area (Å²) in [6.07, 6.45) is 1.44. The third kappa shape index (κ3) is 3.73. The Morgan fingerprint density at radius 1 is 1.18 bits per heavy atom. The van der Waals surface area contributed by atoms with E-state index in [2.05, 4.69) is 9.99 Å². The Balaban J connectivity index is 1.62. The minimum Gasteiger partial charge on any atom is -0.507 e. The molecule has 1 heterocycles. The summed E-state index contributed by atoms with van der Waals surface area (Å²) in [5.74, 6) is -10.2. The van der Waals surface area contributed by atoms with Gasteiger partial charge in [0.15, 0.2) is 34.7 Å². The summed E-state index contributed by atoms with van der Waals surface area (Å²) >= 11 is 0. The monoisotopic (exact) mass is 537 g/mol. The Morgan fingerprint density at radius 2 is 1.90 bits per heavy atom. The highest BCUT2D eigenvalue weighted by molar-refractivity contribution is 6.32. The van der Waals surface area contributed by atoms with Crippen LogP contribution in [0.5, 0.6) is 5.75 Å². The van der Waals surface area contributed by atoms with Crippen molar-refractivity contribution >= 4 is 35.3 Å². The highest BCUT2D eigenvalue weighted by atomic mass is 16.6. The molecule has 4 N–H and O–H groups in total. The van der Waals surface area contributed by atoms with Crippen LogP contribution in [0, 0.1) is 23.7 Å². The van der Waals surface area contributed by atoms with Crippen molar-refractivity contribution in [2.75, 3.05) is 21.2 Å². The molecule has 2 aromatic rings. The molecular weight excluding hydrogens is 510 g/mol. The van der Waals surface area contributed by atoms with Crippen LogP contribution in [-0.2, 0) is 30.4 Å². The number of fused-ring (bicyclic) bond motifs is 3. The Hall–Kier alpha value is -4.16. The minimum absolute atomic E-state index is 0.0388. The smallest absolute Gasteiger partial charge is 0.235 e.